The third-order valence-corrected chi connectivity index (χ3v) is 15.4. The standard InChI is InChI=1S/C64H78N12O10/c1-3-5-9-24-45(59(78)70-50-28-17-32-54(40-50)74-66)37-48(64(85)86)26-11-8-7-10-21-43(62(81)82)22-12-13-23-44(38-58(77)69-49-27-16-31-53(39-49)73-65)57(61(80)72-52-30-19-34-56(42-52)76-68)35-15-14-25-46(36-47(63(83)84)20-6-4-2)60(79)71-51-29-18-33-55(41-51)75-67/h16-19,26-34,39-47,57H,3-15,20-25,35-38H2,1-2H3,(H3-4,69,70,71,72,77,78,79,80,81,82,83,84,85,86)/p+4. The molecule has 4 amide bonds. The van der Waals surface area contributed by atoms with Crippen LogP contribution in [0, 0.1) is 57.1 Å². The first kappa shape index (κ1) is 69.1. The highest BCUT2D eigenvalue weighted by atomic mass is 16.4. The molecular formula is C64H82N12O10+4. The quantitative estimate of drug-likeness (QED) is 0.0124. The van der Waals surface area contributed by atoms with Crippen molar-refractivity contribution in [1.82, 2.24) is 0 Å². The van der Waals surface area contributed by atoms with Crippen molar-refractivity contribution in [3.8, 4) is 0 Å². The van der Waals surface area contributed by atoms with Gasteiger partial charge in [0.25, 0.3) is 0 Å². The monoisotopic (exact) mass is 1180 g/mol. The number of diazo groups is 4. The Bertz CT molecular complexity index is 3120. The van der Waals surface area contributed by atoms with Crippen LogP contribution in [0.25, 0.3) is 19.9 Å². The van der Waals surface area contributed by atoms with Crippen molar-refractivity contribution < 1.29 is 48.9 Å². The second kappa shape index (κ2) is 38.4. The van der Waals surface area contributed by atoms with E-state index in [2.05, 4.69) is 41.2 Å². The molecule has 6 atom stereocenters. The van der Waals surface area contributed by atoms with E-state index in [1.165, 1.54) is 24.3 Å². The third-order valence-electron chi connectivity index (χ3n) is 15.4. The number of nitrogens with one attached hydrogen (secondary N) is 4. The molecule has 0 aliphatic rings. The summed E-state index contributed by atoms with van der Waals surface area (Å²) in [6.07, 6.45) is 11.7. The first-order valence-electron chi connectivity index (χ1n) is 29.9. The highest BCUT2D eigenvalue weighted by molar-refractivity contribution is 5.96. The predicted octanol–water partition coefficient (Wildman–Crippen LogP) is 16.4. The van der Waals surface area contributed by atoms with E-state index in [0.717, 1.165) is 25.7 Å². The Hall–Kier alpha value is -9.41. The summed E-state index contributed by atoms with van der Waals surface area (Å²) in [4.78, 5) is 106. The van der Waals surface area contributed by atoms with Crippen molar-refractivity contribution in [1.29, 1.82) is 21.6 Å². The minimum atomic E-state index is -1.12. The van der Waals surface area contributed by atoms with E-state index in [4.69, 9.17) is 0 Å². The van der Waals surface area contributed by atoms with Crippen molar-refractivity contribution in [3.63, 3.8) is 0 Å². The fraction of sp³-hybridized carbons (Fsp3) is 0.484. The maximum Gasteiger partial charge on any atom is 0.387 e. The van der Waals surface area contributed by atoms with E-state index in [0.29, 0.717) is 113 Å². The second-order valence-electron chi connectivity index (χ2n) is 22.0. The number of carbonyl (C=O) groups excluding carboxylic acids is 4. The number of rotatable bonds is 40. The van der Waals surface area contributed by atoms with E-state index in [1.807, 2.05) is 13.8 Å². The molecule has 0 radical (unpaired) electrons. The Morgan fingerprint density at radius 2 is 0.849 bits per heavy atom. The molecule has 454 valence electrons. The van der Waals surface area contributed by atoms with Crippen molar-refractivity contribution in [3.05, 3.63) is 129 Å². The molecule has 0 fully saturated rings. The zero-order valence-electron chi connectivity index (χ0n) is 49.3. The van der Waals surface area contributed by atoms with Crippen LogP contribution in [-0.4, -0.2) is 56.9 Å². The largest absolute Gasteiger partial charge is 0.481 e. The topological polar surface area (TPSA) is 341 Å². The van der Waals surface area contributed by atoms with Crippen LogP contribution in [0.5, 0.6) is 0 Å². The molecule has 0 aliphatic heterocycles. The number of hydrogen-bond acceptors (Lipinski definition) is 11. The van der Waals surface area contributed by atoms with E-state index in [1.54, 1.807) is 78.9 Å². The maximum absolute atomic E-state index is 14.6. The number of nitrogens with zero attached hydrogens (tertiary/aromatic N) is 8. The highest BCUT2D eigenvalue weighted by Crippen LogP contribution is 2.34. The summed E-state index contributed by atoms with van der Waals surface area (Å²) >= 11 is 0. The van der Waals surface area contributed by atoms with Gasteiger partial charge in [0.15, 0.2) is 19.9 Å². The van der Waals surface area contributed by atoms with Crippen LogP contribution in [0.3, 0.4) is 0 Å². The highest BCUT2D eigenvalue weighted by Gasteiger charge is 2.33. The van der Waals surface area contributed by atoms with Crippen LogP contribution in [0.15, 0.2) is 109 Å². The minimum Gasteiger partial charge on any atom is -0.481 e. The molecule has 7 N–H and O–H groups in total. The molecule has 0 saturated heterocycles. The predicted molar refractivity (Wildman–Crippen MR) is 329 cm³/mol. The molecule has 0 aromatic heterocycles. The lowest BCUT2D eigenvalue weighted by atomic mass is 9.80. The van der Waals surface area contributed by atoms with Gasteiger partial charge in [0.05, 0.1) is 36.1 Å². The SMILES string of the molecule is CCCCCC(CC(=CCCCCCC(CCCCC(CC(=O)Nc1cccc([N+]#N)c1)C(CCCCC(CC(CCCC)C(=O)O)C(=O)Nc1cccc([N+]#N)c1)C(=O)Nc1cccc([N+]#N)c1)C(=O)O)C(=O)O)C(=O)Nc1cccc([N+]#N)c1. The fourth-order valence-corrected chi connectivity index (χ4v) is 10.7. The van der Waals surface area contributed by atoms with Crippen LogP contribution < -0.4 is 21.3 Å². The van der Waals surface area contributed by atoms with Crippen molar-refractivity contribution in [2.24, 2.45) is 35.5 Å². The van der Waals surface area contributed by atoms with Crippen LogP contribution in [0.2, 0.25) is 0 Å². The van der Waals surface area contributed by atoms with Gasteiger partial charge in [-0.25, -0.2) is 4.79 Å². The van der Waals surface area contributed by atoms with E-state index in [9.17, 15) is 70.5 Å². The van der Waals surface area contributed by atoms with E-state index < -0.39 is 71.1 Å². The normalized spacial score (nSPS) is 13.1. The Kier molecular flexibility index (Phi) is 30.9. The Labute approximate surface area is 502 Å². The lowest BCUT2D eigenvalue weighted by Gasteiger charge is -2.27. The number of unbranched alkanes of at least 4 members (excludes halogenated alkanes) is 8. The number of allylic oxidation sites excluding steroid dienone is 1. The first-order chi connectivity index (χ1) is 41.5. The summed E-state index contributed by atoms with van der Waals surface area (Å²) in [5.74, 6) is -9.03. The second-order valence-corrected chi connectivity index (χ2v) is 22.0. The van der Waals surface area contributed by atoms with Crippen molar-refractivity contribution in [2.45, 2.75) is 162 Å². The minimum absolute atomic E-state index is 0.0229. The zero-order valence-corrected chi connectivity index (χ0v) is 49.3. The summed E-state index contributed by atoms with van der Waals surface area (Å²) in [5.41, 5.74) is 2.45. The number of aliphatic carboxylic acids is 3. The molecule has 4 aromatic carbocycles. The van der Waals surface area contributed by atoms with E-state index >= 15 is 0 Å². The molecule has 4 rings (SSSR count). The molecule has 4 aromatic rings. The van der Waals surface area contributed by atoms with Gasteiger partial charge in [-0.3, -0.25) is 28.8 Å². The van der Waals surface area contributed by atoms with E-state index in [-0.39, 0.29) is 66.3 Å². The smallest absolute Gasteiger partial charge is 0.387 e. The number of carboxylic acids is 3. The van der Waals surface area contributed by atoms with Crippen molar-refractivity contribution >= 4 is 87.0 Å². The Morgan fingerprint density at radius 1 is 0.442 bits per heavy atom. The van der Waals surface area contributed by atoms with Gasteiger partial charge in [-0.05, 0) is 101 Å². The van der Waals surface area contributed by atoms with Gasteiger partial charge < -0.3 is 36.6 Å². The summed E-state index contributed by atoms with van der Waals surface area (Å²) in [5, 5.41) is 79.6. The number of carboxylic acid groups (broad SMARTS) is 3. The summed E-state index contributed by atoms with van der Waals surface area (Å²) < 4.78 is 0. The Balaban J connectivity index is 1.49. The third kappa shape index (κ3) is 25.2. The molecule has 6 unspecified atom stereocenters. The average molecular weight is 1180 g/mol. The molecule has 0 spiro atoms. The van der Waals surface area contributed by atoms with Crippen LogP contribution in [0.1, 0.15) is 162 Å². The van der Waals surface area contributed by atoms with Crippen LogP contribution in [-0.2, 0) is 33.6 Å². The zero-order chi connectivity index (χ0) is 62.6. The van der Waals surface area contributed by atoms with Crippen LogP contribution >= 0.6 is 0 Å². The Morgan fingerprint density at radius 3 is 1.33 bits per heavy atom. The molecular weight excluding hydrogens is 1100 g/mol. The van der Waals surface area contributed by atoms with Gasteiger partial charge in [-0.15, -0.1) is 0 Å². The fourth-order valence-electron chi connectivity index (χ4n) is 10.7. The number of carbonyl (C=O) groups is 7. The molecule has 0 aliphatic carbocycles. The van der Waals surface area contributed by atoms with Gasteiger partial charge >= 0.3 is 40.7 Å². The van der Waals surface area contributed by atoms with Gasteiger partial charge in [0.1, 0.15) is 0 Å². The van der Waals surface area contributed by atoms with Crippen molar-refractivity contribution in [2.75, 3.05) is 21.3 Å². The van der Waals surface area contributed by atoms with Gasteiger partial charge in [0.2, 0.25) is 45.2 Å². The molecule has 0 heterocycles. The molecule has 22 heteroatoms. The average Bonchev–Trinajstić information content (AvgIpc) is 3.69. The van der Waals surface area contributed by atoms with Crippen LogP contribution in [0.4, 0.5) is 45.5 Å². The van der Waals surface area contributed by atoms with Gasteiger partial charge in [0, 0.05) is 76.8 Å². The molecule has 22 nitrogen and oxygen atoms in total. The number of amides is 4. The van der Waals surface area contributed by atoms with Gasteiger partial charge in [-0.2, -0.15) is 0 Å². The summed E-state index contributed by atoms with van der Waals surface area (Å²) in [6, 6.07) is 25.1. The summed E-state index contributed by atoms with van der Waals surface area (Å²) in [6.45, 7) is 3.99. The summed E-state index contributed by atoms with van der Waals surface area (Å²) in [7, 11) is 0. The molecule has 0 bridgehead atoms. The molecule has 0 saturated carbocycles. The first-order valence-corrected chi connectivity index (χ1v) is 29.9. The van der Waals surface area contributed by atoms with Gasteiger partial charge in [-0.1, -0.05) is 115 Å². The molecule has 86 heavy (non-hydrogen) atoms. The lowest BCUT2D eigenvalue weighted by molar-refractivity contribution is -0.143. The number of benzene rings is 4. The number of anilines is 4. The lowest BCUT2D eigenvalue weighted by Crippen LogP contribution is -2.32. The maximum atomic E-state index is 14.6. The number of hydrogen-bond donors (Lipinski definition) is 7.